The van der Waals surface area contributed by atoms with Crippen LogP contribution in [0.2, 0.25) is 0 Å². The van der Waals surface area contributed by atoms with E-state index in [1.807, 2.05) is 12.3 Å². The van der Waals surface area contributed by atoms with Gasteiger partial charge in [-0.25, -0.2) is 0 Å². The van der Waals surface area contributed by atoms with E-state index in [-0.39, 0.29) is 6.61 Å². The molecule has 0 radical (unpaired) electrons. The highest BCUT2D eigenvalue weighted by Crippen LogP contribution is 2.49. The van der Waals surface area contributed by atoms with E-state index in [1.165, 1.54) is 0 Å². The summed E-state index contributed by atoms with van der Waals surface area (Å²) in [6.07, 6.45) is 2.04. The molecule has 1 saturated heterocycles. The van der Waals surface area contributed by atoms with Gasteiger partial charge >= 0.3 is 6.18 Å². The topological polar surface area (TPSA) is 43.4 Å². The fraction of sp³-hybridized carbons (Fsp3) is 0.688. The van der Waals surface area contributed by atoms with Gasteiger partial charge in [-0.1, -0.05) is 0 Å². The van der Waals surface area contributed by atoms with Crippen LogP contribution in [0.4, 0.5) is 13.2 Å². The second-order valence-electron chi connectivity index (χ2n) is 6.26. The third-order valence-corrected chi connectivity index (χ3v) is 4.36. The minimum Gasteiger partial charge on any atom is -0.490 e. The number of hydrogen-bond donors (Lipinski definition) is 1. The number of aromatic nitrogens is 1. The SMILES string of the molecule is FC(F)(F)COCC[C@@H]1C[C@@H]1c1cncc(OC[C@@H]2CCN2)c1. The molecule has 23 heavy (non-hydrogen) atoms. The van der Waals surface area contributed by atoms with Crippen molar-refractivity contribution in [2.24, 2.45) is 5.92 Å². The van der Waals surface area contributed by atoms with Gasteiger partial charge in [0.15, 0.2) is 0 Å². The maximum atomic E-state index is 12.0. The molecule has 4 nitrogen and oxygen atoms in total. The van der Waals surface area contributed by atoms with Crippen molar-refractivity contribution in [3.8, 4) is 5.75 Å². The van der Waals surface area contributed by atoms with Crippen LogP contribution in [0.3, 0.4) is 0 Å². The van der Waals surface area contributed by atoms with Gasteiger partial charge in [0, 0.05) is 18.8 Å². The first kappa shape index (κ1) is 16.5. The summed E-state index contributed by atoms with van der Waals surface area (Å²) < 4.78 is 46.4. The predicted molar refractivity (Wildman–Crippen MR) is 78.5 cm³/mol. The fourth-order valence-corrected chi connectivity index (χ4v) is 2.80. The Labute approximate surface area is 133 Å². The Morgan fingerprint density at radius 1 is 1.30 bits per heavy atom. The molecule has 1 aliphatic carbocycles. The molecule has 0 aromatic carbocycles. The standard InChI is InChI=1S/C16H21F3N2O2/c17-16(18,19)10-22-4-2-11-6-15(11)12-5-14(8-20-7-12)23-9-13-1-3-21-13/h5,7-8,11,13,15,21H,1-4,6,9-10H2/t11-,13+,15+/m1/s1. The molecule has 1 aliphatic heterocycles. The Morgan fingerprint density at radius 3 is 2.83 bits per heavy atom. The van der Waals surface area contributed by atoms with Gasteiger partial charge < -0.3 is 14.8 Å². The maximum Gasteiger partial charge on any atom is 0.411 e. The second-order valence-corrected chi connectivity index (χ2v) is 6.26. The van der Waals surface area contributed by atoms with Crippen LogP contribution in [0.5, 0.6) is 5.75 Å². The van der Waals surface area contributed by atoms with Gasteiger partial charge in [0.1, 0.15) is 19.0 Å². The molecule has 1 aromatic heterocycles. The normalized spacial score (nSPS) is 26.7. The lowest BCUT2D eigenvalue weighted by Crippen LogP contribution is -2.46. The second kappa shape index (κ2) is 7.05. The lowest BCUT2D eigenvalue weighted by atomic mass is 10.1. The summed E-state index contributed by atoms with van der Waals surface area (Å²) in [5.41, 5.74) is 1.10. The number of ether oxygens (including phenoxy) is 2. The first-order chi connectivity index (χ1) is 11.0. The Hall–Kier alpha value is -1.34. The number of alkyl halides is 3. The first-order valence-electron chi connectivity index (χ1n) is 7.97. The van der Waals surface area contributed by atoms with Gasteiger partial charge in [0.25, 0.3) is 0 Å². The van der Waals surface area contributed by atoms with Crippen molar-refractivity contribution in [2.75, 3.05) is 26.4 Å². The third-order valence-electron chi connectivity index (χ3n) is 4.36. The van der Waals surface area contributed by atoms with E-state index in [0.717, 1.165) is 30.7 Å². The minimum absolute atomic E-state index is 0.150. The van der Waals surface area contributed by atoms with Crippen molar-refractivity contribution < 1.29 is 22.6 Å². The summed E-state index contributed by atoms with van der Waals surface area (Å²) in [4.78, 5) is 4.21. The lowest BCUT2D eigenvalue weighted by molar-refractivity contribution is -0.174. The largest absolute Gasteiger partial charge is 0.490 e. The van der Waals surface area contributed by atoms with E-state index in [4.69, 9.17) is 4.74 Å². The molecule has 1 saturated carbocycles. The van der Waals surface area contributed by atoms with Crippen LogP contribution < -0.4 is 10.1 Å². The van der Waals surface area contributed by atoms with Crippen molar-refractivity contribution >= 4 is 0 Å². The summed E-state index contributed by atoms with van der Waals surface area (Å²) in [5, 5.41) is 3.27. The minimum atomic E-state index is -4.24. The monoisotopic (exact) mass is 330 g/mol. The Morgan fingerprint density at radius 2 is 2.13 bits per heavy atom. The van der Waals surface area contributed by atoms with Gasteiger partial charge in [0.2, 0.25) is 0 Å². The molecule has 2 heterocycles. The summed E-state index contributed by atoms with van der Waals surface area (Å²) >= 11 is 0. The molecule has 7 heteroatoms. The summed E-state index contributed by atoms with van der Waals surface area (Å²) in [6, 6.07) is 2.42. The number of halogens is 3. The zero-order valence-corrected chi connectivity index (χ0v) is 12.8. The van der Waals surface area contributed by atoms with Crippen LogP contribution in [-0.4, -0.2) is 43.6 Å². The van der Waals surface area contributed by atoms with E-state index in [1.54, 1.807) is 6.20 Å². The quantitative estimate of drug-likeness (QED) is 0.745. The molecule has 2 fully saturated rings. The summed E-state index contributed by atoms with van der Waals surface area (Å²) in [5.74, 6) is 1.51. The molecular formula is C16H21F3N2O2. The molecule has 3 atom stereocenters. The van der Waals surface area contributed by atoms with E-state index in [2.05, 4.69) is 15.0 Å². The highest BCUT2D eigenvalue weighted by Gasteiger charge is 2.38. The predicted octanol–water partition coefficient (Wildman–Crippen LogP) is 2.89. The zero-order valence-electron chi connectivity index (χ0n) is 12.8. The Bertz CT molecular complexity index is 520. The third kappa shape index (κ3) is 5.07. The van der Waals surface area contributed by atoms with Crippen molar-refractivity contribution in [3.05, 3.63) is 24.0 Å². The number of rotatable bonds is 8. The molecule has 3 rings (SSSR count). The van der Waals surface area contributed by atoms with Crippen LogP contribution in [0.1, 0.15) is 30.7 Å². The summed E-state index contributed by atoms with van der Waals surface area (Å²) in [6.45, 7) is 0.680. The molecule has 1 N–H and O–H groups in total. The van der Waals surface area contributed by atoms with Crippen molar-refractivity contribution in [1.82, 2.24) is 10.3 Å². The van der Waals surface area contributed by atoms with Crippen molar-refractivity contribution in [2.45, 2.75) is 37.4 Å². The van der Waals surface area contributed by atoms with Crippen LogP contribution in [0.15, 0.2) is 18.5 Å². The molecule has 2 aliphatic rings. The van der Waals surface area contributed by atoms with E-state index in [0.29, 0.717) is 30.9 Å². The van der Waals surface area contributed by atoms with Gasteiger partial charge in [-0.15, -0.1) is 0 Å². The van der Waals surface area contributed by atoms with Crippen molar-refractivity contribution in [1.29, 1.82) is 0 Å². The van der Waals surface area contributed by atoms with Crippen LogP contribution >= 0.6 is 0 Å². The molecule has 0 amide bonds. The van der Waals surface area contributed by atoms with Gasteiger partial charge in [-0.2, -0.15) is 13.2 Å². The van der Waals surface area contributed by atoms with Gasteiger partial charge in [-0.05, 0) is 49.3 Å². The number of nitrogens with one attached hydrogen (secondary N) is 1. The van der Waals surface area contributed by atoms with Crippen molar-refractivity contribution in [3.63, 3.8) is 0 Å². The van der Waals surface area contributed by atoms with E-state index < -0.39 is 12.8 Å². The number of pyridine rings is 1. The van der Waals surface area contributed by atoms with E-state index in [9.17, 15) is 13.2 Å². The Balaban J connectivity index is 1.40. The highest BCUT2D eigenvalue weighted by atomic mass is 19.4. The number of hydrogen-bond acceptors (Lipinski definition) is 4. The van der Waals surface area contributed by atoms with E-state index >= 15 is 0 Å². The van der Waals surface area contributed by atoms with Crippen LogP contribution in [-0.2, 0) is 4.74 Å². The smallest absolute Gasteiger partial charge is 0.411 e. The molecule has 128 valence electrons. The van der Waals surface area contributed by atoms with Gasteiger partial charge in [-0.3, -0.25) is 4.98 Å². The molecule has 0 unspecified atom stereocenters. The zero-order chi connectivity index (χ0) is 16.3. The van der Waals surface area contributed by atoms with Gasteiger partial charge in [0.05, 0.1) is 6.20 Å². The molecule has 0 spiro atoms. The first-order valence-corrected chi connectivity index (χ1v) is 7.97. The number of nitrogens with zero attached hydrogens (tertiary/aromatic N) is 1. The fourth-order valence-electron chi connectivity index (χ4n) is 2.80. The molecular weight excluding hydrogens is 309 g/mol. The average Bonchev–Trinajstić information content (AvgIpc) is 3.21. The van der Waals surface area contributed by atoms with Crippen LogP contribution in [0.25, 0.3) is 0 Å². The summed E-state index contributed by atoms with van der Waals surface area (Å²) in [7, 11) is 0. The molecule has 1 aromatic rings. The maximum absolute atomic E-state index is 12.0. The average molecular weight is 330 g/mol. The highest BCUT2D eigenvalue weighted by molar-refractivity contribution is 5.30. The molecule has 0 bridgehead atoms. The Kier molecular flexibility index (Phi) is 5.06. The van der Waals surface area contributed by atoms with Crippen LogP contribution in [0, 0.1) is 5.92 Å². The lowest BCUT2D eigenvalue weighted by Gasteiger charge is -2.27.